The van der Waals surface area contributed by atoms with Gasteiger partial charge in [0.15, 0.2) is 0 Å². The number of allylic oxidation sites excluding steroid dienone is 1. The molecule has 0 aromatic heterocycles. The van der Waals surface area contributed by atoms with Crippen molar-refractivity contribution in [3.8, 4) is 17.2 Å². The van der Waals surface area contributed by atoms with Crippen molar-refractivity contribution in [2.45, 2.75) is 13.0 Å². The quantitative estimate of drug-likeness (QED) is 0.814. The lowest BCUT2D eigenvalue weighted by Crippen LogP contribution is -2.49. The zero-order valence-electron chi connectivity index (χ0n) is 13.7. The molecule has 2 N–H and O–H groups in total. The highest BCUT2D eigenvalue weighted by molar-refractivity contribution is 6.30. The Morgan fingerprint density at radius 1 is 1.23 bits per heavy atom. The Morgan fingerprint density at radius 3 is 2.54 bits per heavy atom. The average molecular weight is 368 g/mol. The highest BCUT2D eigenvalue weighted by Gasteiger charge is 2.38. The first kappa shape index (κ1) is 17.5. The molecule has 6 nitrogen and oxygen atoms in total. The van der Waals surface area contributed by atoms with Gasteiger partial charge in [-0.3, -0.25) is 0 Å². The molecule has 1 heterocycles. The van der Waals surface area contributed by atoms with Crippen LogP contribution in [0, 0.1) is 11.3 Å². The lowest BCUT2D eigenvalue weighted by Gasteiger charge is -2.33. The Balaban J connectivity index is 2.13. The zero-order valence-corrected chi connectivity index (χ0v) is 14.5. The Morgan fingerprint density at radius 2 is 1.92 bits per heavy atom. The van der Waals surface area contributed by atoms with Crippen LogP contribution in [0.25, 0.3) is 11.1 Å². The van der Waals surface area contributed by atoms with Crippen molar-refractivity contribution in [2.75, 3.05) is 0 Å². The normalized spacial score (nSPS) is 16.9. The second-order valence-corrected chi connectivity index (χ2v) is 6.20. The summed E-state index contributed by atoms with van der Waals surface area (Å²) in [5, 5.41) is 22.0. The van der Waals surface area contributed by atoms with Crippen LogP contribution in [0.1, 0.15) is 18.5 Å². The van der Waals surface area contributed by atoms with Crippen molar-refractivity contribution in [3.05, 3.63) is 70.4 Å². The Labute approximate surface area is 154 Å². The number of carboxylic acid groups (broad SMARTS) is 1. The van der Waals surface area contributed by atoms with Crippen molar-refractivity contribution < 1.29 is 14.7 Å². The molecule has 0 saturated heterocycles. The van der Waals surface area contributed by atoms with Gasteiger partial charge in [0.1, 0.15) is 6.04 Å². The second-order valence-electron chi connectivity index (χ2n) is 5.77. The molecule has 0 fully saturated rings. The van der Waals surface area contributed by atoms with Crippen molar-refractivity contribution in [1.29, 1.82) is 5.26 Å². The predicted molar refractivity (Wildman–Crippen MR) is 96.3 cm³/mol. The van der Waals surface area contributed by atoms with Crippen LogP contribution in [0.5, 0.6) is 0 Å². The summed E-state index contributed by atoms with van der Waals surface area (Å²) in [5.74, 6) is 0. The maximum atomic E-state index is 12.2. The number of nitriles is 1. The highest BCUT2D eigenvalue weighted by Crippen LogP contribution is 2.35. The van der Waals surface area contributed by atoms with E-state index in [-0.39, 0.29) is 5.57 Å². The number of urea groups is 1. The molecule has 0 bridgehead atoms. The lowest BCUT2D eigenvalue weighted by atomic mass is 9.92. The minimum atomic E-state index is -1.43. The topological polar surface area (TPSA) is 93.4 Å². The van der Waals surface area contributed by atoms with Crippen LogP contribution < -0.4 is 5.32 Å². The number of imide groups is 1. The van der Waals surface area contributed by atoms with Crippen LogP contribution in [0.2, 0.25) is 5.02 Å². The van der Waals surface area contributed by atoms with Gasteiger partial charge in [-0.2, -0.15) is 5.26 Å². The van der Waals surface area contributed by atoms with Gasteiger partial charge in [-0.05, 0) is 41.8 Å². The number of amides is 3. The number of hydrogen-bond donors (Lipinski definition) is 2. The number of carbonyl (C=O) groups is 2. The van der Waals surface area contributed by atoms with Gasteiger partial charge in [-0.15, -0.1) is 0 Å². The predicted octanol–water partition coefficient (Wildman–Crippen LogP) is 4.55. The van der Waals surface area contributed by atoms with E-state index in [1.807, 2.05) is 24.3 Å². The maximum Gasteiger partial charge on any atom is 0.416 e. The summed E-state index contributed by atoms with van der Waals surface area (Å²) in [6.07, 6.45) is -1.43. The van der Waals surface area contributed by atoms with Crippen molar-refractivity contribution in [2.24, 2.45) is 0 Å². The molecule has 2 aromatic rings. The fourth-order valence-corrected chi connectivity index (χ4v) is 3.05. The molecule has 1 atom stereocenters. The van der Waals surface area contributed by atoms with E-state index in [0.717, 1.165) is 11.1 Å². The summed E-state index contributed by atoms with van der Waals surface area (Å²) in [4.78, 5) is 24.4. The fraction of sp³-hybridized carbons (Fsp3) is 0.105. The monoisotopic (exact) mass is 367 g/mol. The van der Waals surface area contributed by atoms with E-state index in [1.165, 1.54) is 0 Å². The van der Waals surface area contributed by atoms with E-state index in [1.54, 1.807) is 37.3 Å². The van der Waals surface area contributed by atoms with E-state index < -0.39 is 18.2 Å². The smallest absolute Gasteiger partial charge is 0.416 e. The van der Waals surface area contributed by atoms with E-state index in [4.69, 9.17) is 11.6 Å². The third-order valence-corrected chi connectivity index (χ3v) is 4.41. The Kier molecular flexibility index (Phi) is 4.65. The number of rotatable bonds is 2. The molecule has 2 aromatic carbocycles. The van der Waals surface area contributed by atoms with E-state index >= 15 is 0 Å². The second kappa shape index (κ2) is 6.90. The van der Waals surface area contributed by atoms with Gasteiger partial charge in [0.05, 0.1) is 11.6 Å². The van der Waals surface area contributed by atoms with Crippen LogP contribution in [-0.2, 0) is 0 Å². The van der Waals surface area contributed by atoms with Gasteiger partial charge >= 0.3 is 12.1 Å². The molecule has 0 radical (unpaired) electrons. The first-order valence-corrected chi connectivity index (χ1v) is 8.10. The molecular formula is C19H14ClN3O3. The molecule has 0 saturated carbocycles. The molecular weight excluding hydrogens is 354 g/mol. The van der Waals surface area contributed by atoms with Gasteiger partial charge in [-0.25, -0.2) is 14.5 Å². The first-order valence-electron chi connectivity index (χ1n) is 7.72. The molecule has 1 aliphatic rings. The molecule has 1 aliphatic heterocycles. The molecule has 3 rings (SSSR count). The number of halogens is 1. The van der Waals surface area contributed by atoms with Crippen LogP contribution in [0.15, 0.2) is 59.8 Å². The summed E-state index contributed by atoms with van der Waals surface area (Å²) < 4.78 is 0. The lowest BCUT2D eigenvalue weighted by molar-refractivity contribution is 0.136. The first-order chi connectivity index (χ1) is 12.4. The van der Waals surface area contributed by atoms with Crippen LogP contribution in [0.3, 0.4) is 0 Å². The molecule has 26 heavy (non-hydrogen) atoms. The summed E-state index contributed by atoms with van der Waals surface area (Å²) in [6, 6.07) is 14.5. The molecule has 3 amide bonds. The molecule has 1 unspecified atom stereocenters. The Bertz CT molecular complexity index is 961. The summed E-state index contributed by atoms with van der Waals surface area (Å²) >= 11 is 5.92. The average Bonchev–Trinajstić information content (AvgIpc) is 2.61. The minimum Gasteiger partial charge on any atom is -0.465 e. The molecule has 0 aliphatic carbocycles. The van der Waals surface area contributed by atoms with Gasteiger partial charge in [-0.1, -0.05) is 41.9 Å². The standard InChI is InChI=1S/C19H14ClN3O3/c1-11-16(10-21)17(23(19(25)26)18(24)22-11)14-4-2-3-13(9-14)12-5-7-15(20)8-6-12/h2-9,17H,1H3,(H,22,24)(H,25,26). The molecule has 0 spiro atoms. The number of nitrogens with zero attached hydrogens (tertiary/aromatic N) is 2. The zero-order chi connectivity index (χ0) is 18.8. The fourth-order valence-electron chi connectivity index (χ4n) is 2.93. The van der Waals surface area contributed by atoms with Crippen LogP contribution >= 0.6 is 11.6 Å². The van der Waals surface area contributed by atoms with E-state index in [0.29, 0.717) is 21.2 Å². The van der Waals surface area contributed by atoms with Crippen molar-refractivity contribution >= 4 is 23.7 Å². The van der Waals surface area contributed by atoms with Gasteiger partial charge in [0.25, 0.3) is 0 Å². The van der Waals surface area contributed by atoms with Gasteiger partial charge in [0, 0.05) is 10.7 Å². The summed E-state index contributed by atoms with van der Waals surface area (Å²) in [6.45, 7) is 1.58. The molecule has 7 heteroatoms. The molecule has 130 valence electrons. The number of nitrogens with one attached hydrogen (secondary N) is 1. The van der Waals surface area contributed by atoms with Crippen molar-refractivity contribution in [3.63, 3.8) is 0 Å². The third-order valence-electron chi connectivity index (χ3n) is 4.16. The van der Waals surface area contributed by atoms with Crippen LogP contribution in [-0.4, -0.2) is 22.1 Å². The summed E-state index contributed by atoms with van der Waals surface area (Å²) in [7, 11) is 0. The summed E-state index contributed by atoms with van der Waals surface area (Å²) in [5.41, 5.74) is 2.77. The van der Waals surface area contributed by atoms with E-state index in [9.17, 15) is 20.0 Å². The largest absolute Gasteiger partial charge is 0.465 e. The van der Waals surface area contributed by atoms with E-state index in [2.05, 4.69) is 5.32 Å². The maximum absolute atomic E-state index is 12.2. The number of benzene rings is 2. The van der Waals surface area contributed by atoms with Crippen LogP contribution in [0.4, 0.5) is 9.59 Å². The number of hydrogen-bond acceptors (Lipinski definition) is 3. The highest BCUT2D eigenvalue weighted by atomic mass is 35.5. The SMILES string of the molecule is CC1=C(C#N)C(c2cccc(-c3ccc(Cl)cc3)c2)N(C(=O)O)C(=O)N1. The van der Waals surface area contributed by atoms with Crippen molar-refractivity contribution in [1.82, 2.24) is 10.2 Å². The van der Waals surface area contributed by atoms with Gasteiger partial charge < -0.3 is 10.4 Å². The third kappa shape index (κ3) is 3.13. The minimum absolute atomic E-state index is 0.181. The van der Waals surface area contributed by atoms with Gasteiger partial charge in [0.2, 0.25) is 0 Å². The Hall–Kier alpha value is -3.30. The number of carbonyl (C=O) groups excluding carboxylic acids is 1.